The maximum atomic E-state index is 6.02. The molecule has 26 heavy (non-hydrogen) atoms. The molecule has 0 bridgehead atoms. The average molecular weight is 411 g/mol. The van der Waals surface area contributed by atoms with Gasteiger partial charge in [-0.15, -0.1) is 17.0 Å². The van der Waals surface area contributed by atoms with Crippen LogP contribution in [-0.2, 0) is 13.0 Å². The van der Waals surface area contributed by atoms with Crippen molar-refractivity contribution in [3.8, 4) is 11.1 Å². The molecule has 0 spiro atoms. The van der Waals surface area contributed by atoms with Crippen LogP contribution in [0, 0.1) is 0 Å². The molecule has 3 aromatic rings. The molecule has 2 aromatic carbocycles. The van der Waals surface area contributed by atoms with E-state index in [0.29, 0.717) is 12.5 Å². The summed E-state index contributed by atoms with van der Waals surface area (Å²) in [6, 6.07) is 20.5. The second kappa shape index (κ2) is 9.73. The number of hydrogen-bond acceptors (Lipinski definition) is 2. The SMILES string of the molecule is Br.CCc1cccc(NC(N)=NCc2cccc(-c3cccnc3)c2)c1. The first-order valence-electron chi connectivity index (χ1n) is 8.40. The van der Waals surface area contributed by atoms with Crippen LogP contribution in [0.1, 0.15) is 18.1 Å². The maximum Gasteiger partial charge on any atom is 0.193 e. The van der Waals surface area contributed by atoms with E-state index in [0.717, 1.165) is 28.8 Å². The number of nitrogens with zero attached hydrogens (tertiary/aromatic N) is 2. The van der Waals surface area contributed by atoms with Gasteiger partial charge < -0.3 is 11.1 Å². The Hall–Kier alpha value is -2.66. The summed E-state index contributed by atoms with van der Waals surface area (Å²) < 4.78 is 0. The number of rotatable bonds is 5. The minimum absolute atomic E-state index is 0. The highest BCUT2D eigenvalue weighted by Crippen LogP contribution is 2.19. The summed E-state index contributed by atoms with van der Waals surface area (Å²) in [5.74, 6) is 0.417. The van der Waals surface area contributed by atoms with E-state index < -0.39 is 0 Å². The van der Waals surface area contributed by atoms with E-state index in [1.165, 1.54) is 5.56 Å². The number of nitrogens with two attached hydrogens (primary N) is 1. The Balaban J connectivity index is 0.00000243. The van der Waals surface area contributed by atoms with E-state index in [-0.39, 0.29) is 17.0 Å². The Bertz CT molecular complexity index is 863. The summed E-state index contributed by atoms with van der Waals surface area (Å²) in [6.45, 7) is 2.66. The quantitative estimate of drug-likeness (QED) is 0.468. The second-order valence-electron chi connectivity index (χ2n) is 5.82. The van der Waals surface area contributed by atoms with E-state index in [1.807, 2.05) is 42.6 Å². The zero-order valence-electron chi connectivity index (χ0n) is 14.7. The van der Waals surface area contributed by atoms with Gasteiger partial charge in [-0.2, -0.15) is 0 Å². The van der Waals surface area contributed by atoms with Crippen LogP contribution >= 0.6 is 17.0 Å². The zero-order valence-corrected chi connectivity index (χ0v) is 16.4. The van der Waals surface area contributed by atoms with Gasteiger partial charge in [-0.05, 0) is 52.9 Å². The lowest BCUT2D eigenvalue weighted by atomic mass is 10.1. The van der Waals surface area contributed by atoms with Crippen molar-refractivity contribution in [2.24, 2.45) is 10.7 Å². The third-order valence-electron chi connectivity index (χ3n) is 3.96. The van der Waals surface area contributed by atoms with Crippen molar-refractivity contribution < 1.29 is 0 Å². The van der Waals surface area contributed by atoms with E-state index in [9.17, 15) is 0 Å². The molecule has 0 radical (unpaired) electrons. The van der Waals surface area contributed by atoms with Gasteiger partial charge in [0.05, 0.1) is 6.54 Å². The normalized spacial score (nSPS) is 10.9. The molecule has 0 aliphatic rings. The number of halogens is 1. The highest BCUT2D eigenvalue weighted by molar-refractivity contribution is 8.93. The first-order chi connectivity index (χ1) is 12.2. The summed E-state index contributed by atoms with van der Waals surface area (Å²) in [4.78, 5) is 8.62. The van der Waals surface area contributed by atoms with Gasteiger partial charge in [-0.25, -0.2) is 4.99 Å². The van der Waals surface area contributed by atoms with Gasteiger partial charge in [0.2, 0.25) is 0 Å². The predicted octanol–water partition coefficient (Wildman–Crippen LogP) is 4.82. The number of guanidine groups is 1. The molecule has 1 aromatic heterocycles. The fourth-order valence-electron chi connectivity index (χ4n) is 2.62. The number of anilines is 1. The van der Waals surface area contributed by atoms with Crippen LogP contribution in [-0.4, -0.2) is 10.9 Å². The molecule has 0 unspecified atom stereocenters. The van der Waals surface area contributed by atoms with Crippen molar-refractivity contribution in [3.05, 3.63) is 84.2 Å². The van der Waals surface area contributed by atoms with Crippen molar-refractivity contribution in [3.63, 3.8) is 0 Å². The Morgan fingerprint density at radius 3 is 2.54 bits per heavy atom. The maximum absolute atomic E-state index is 6.02. The van der Waals surface area contributed by atoms with Crippen molar-refractivity contribution in [1.29, 1.82) is 0 Å². The molecule has 0 amide bonds. The Morgan fingerprint density at radius 2 is 1.77 bits per heavy atom. The number of pyridine rings is 1. The van der Waals surface area contributed by atoms with Crippen molar-refractivity contribution in [2.45, 2.75) is 19.9 Å². The molecule has 0 atom stereocenters. The number of aryl methyl sites for hydroxylation is 1. The molecular formula is C21H23BrN4. The lowest BCUT2D eigenvalue weighted by Gasteiger charge is -2.08. The van der Waals surface area contributed by atoms with E-state index in [1.54, 1.807) is 6.20 Å². The Morgan fingerprint density at radius 1 is 1.00 bits per heavy atom. The highest BCUT2D eigenvalue weighted by Gasteiger charge is 2.00. The van der Waals surface area contributed by atoms with Crippen LogP contribution in [0.4, 0.5) is 5.69 Å². The summed E-state index contributed by atoms with van der Waals surface area (Å²) in [5, 5.41) is 3.15. The molecule has 3 N–H and O–H groups in total. The second-order valence-corrected chi connectivity index (χ2v) is 5.82. The molecule has 1 heterocycles. The van der Waals surface area contributed by atoms with E-state index in [4.69, 9.17) is 5.73 Å². The first-order valence-corrected chi connectivity index (χ1v) is 8.40. The fourth-order valence-corrected chi connectivity index (χ4v) is 2.62. The lowest BCUT2D eigenvalue weighted by Crippen LogP contribution is -2.22. The van der Waals surface area contributed by atoms with Crippen molar-refractivity contribution in [2.75, 3.05) is 5.32 Å². The minimum Gasteiger partial charge on any atom is -0.370 e. The van der Waals surface area contributed by atoms with Gasteiger partial charge in [-0.3, -0.25) is 4.98 Å². The smallest absolute Gasteiger partial charge is 0.193 e. The molecule has 0 aliphatic heterocycles. The van der Waals surface area contributed by atoms with Crippen molar-refractivity contribution in [1.82, 2.24) is 4.98 Å². The molecule has 0 aliphatic carbocycles. The number of hydrogen-bond donors (Lipinski definition) is 2. The lowest BCUT2D eigenvalue weighted by molar-refractivity contribution is 1.06. The monoisotopic (exact) mass is 410 g/mol. The number of nitrogens with one attached hydrogen (secondary N) is 1. The molecule has 0 saturated heterocycles. The fraction of sp³-hybridized carbons (Fsp3) is 0.143. The van der Waals surface area contributed by atoms with Gasteiger partial charge in [-0.1, -0.05) is 43.3 Å². The molecule has 5 heteroatoms. The summed E-state index contributed by atoms with van der Waals surface area (Å²) in [5.41, 5.74) is 11.6. The number of aromatic nitrogens is 1. The largest absolute Gasteiger partial charge is 0.370 e. The van der Waals surface area contributed by atoms with Gasteiger partial charge in [0.15, 0.2) is 5.96 Å². The summed E-state index contributed by atoms with van der Waals surface area (Å²) >= 11 is 0. The highest BCUT2D eigenvalue weighted by atomic mass is 79.9. The topological polar surface area (TPSA) is 63.3 Å². The Labute approximate surface area is 165 Å². The van der Waals surface area contributed by atoms with Crippen LogP contribution in [0.2, 0.25) is 0 Å². The average Bonchev–Trinajstić information content (AvgIpc) is 2.67. The Kier molecular flexibility index (Phi) is 7.36. The first kappa shape index (κ1) is 19.7. The van der Waals surface area contributed by atoms with Gasteiger partial charge >= 0.3 is 0 Å². The van der Waals surface area contributed by atoms with Crippen LogP contribution in [0.15, 0.2) is 78.0 Å². The molecule has 0 fully saturated rings. The summed E-state index contributed by atoms with van der Waals surface area (Å²) in [7, 11) is 0. The van der Waals surface area contributed by atoms with Gasteiger partial charge in [0.1, 0.15) is 0 Å². The standard InChI is InChI=1S/C21H22N4.BrH/c1-2-16-6-4-10-20(13-16)25-21(22)24-14-17-7-3-8-18(12-17)19-9-5-11-23-15-19;/h3-13,15H,2,14H2,1H3,(H3,22,24,25);1H. The number of benzene rings is 2. The van der Waals surface area contributed by atoms with Crippen LogP contribution in [0.3, 0.4) is 0 Å². The van der Waals surface area contributed by atoms with Crippen LogP contribution < -0.4 is 11.1 Å². The van der Waals surface area contributed by atoms with Crippen LogP contribution in [0.25, 0.3) is 11.1 Å². The molecule has 3 rings (SSSR count). The van der Waals surface area contributed by atoms with E-state index in [2.05, 4.69) is 46.5 Å². The van der Waals surface area contributed by atoms with Crippen molar-refractivity contribution >= 4 is 28.6 Å². The van der Waals surface area contributed by atoms with Crippen LogP contribution in [0.5, 0.6) is 0 Å². The van der Waals surface area contributed by atoms with Gasteiger partial charge in [0.25, 0.3) is 0 Å². The summed E-state index contributed by atoms with van der Waals surface area (Å²) in [6.07, 6.45) is 4.63. The molecular weight excluding hydrogens is 388 g/mol. The van der Waals surface area contributed by atoms with E-state index >= 15 is 0 Å². The predicted molar refractivity (Wildman–Crippen MR) is 115 cm³/mol. The molecule has 0 saturated carbocycles. The molecule has 134 valence electrons. The number of aliphatic imine (C=N–C) groups is 1. The molecule has 4 nitrogen and oxygen atoms in total. The zero-order chi connectivity index (χ0) is 17.5. The van der Waals surface area contributed by atoms with Gasteiger partial charge in [0, 0.05) is 18.1 Å². The third kappa shape index (κ3) is 5.43. The minimum atomic E-state index is 0. The third-order valence-corrected chi connectivity index (χ3v) is 3.96.